The second-order valence-electron chi connectivity index (χ2n) is 17.2. The van der Waals surface area contributed by atoms with E-state index in [-0.39, 0.29) is 17.9 Å². The predicted molar refractivity (Wildman–Crippen MR) is 253 cm³/mol. The summed E-state index contributed by atoms with van der Waals surface area (Å²) in [5.74, 6) is 2.62. The smallest absolute Gasteiger partial charge is 0.407 e. The standard InChI is InChI=1S/C49H68N8O10/c1-49(2,3)67-48(60)51-20-31-62-33-35-64-37-36-63-34-32-61-30-18-44(58)50-19-25-55-28-26-54(27-29-55)21-7-10-45(59)56-22-15-39(16-23-56)57-24-17-43-46(57)47(53-38-52-43)66-42-13-11-41(12-14-42)65-40-8-5-4-6-9-40/h4-14,17,24,38-39H,15-16,18-23,25-37H2,1-3H3,(H,50,58)(H,51,60)/b10-7+. The van der Waals surface area contributed by atoms with E-state index in [0.29, 0.717) is 103 Å². The van der Waals surface area contributed by atoms with Crippen molar-refractivity contribution in [2.24, 2.45) is 0 Å². The minimum absolute atomic E-state index is 0.0321. The number of nitrogens with zero attached hydrogens (tertiary/aromatic N) is 6. The number of nitrogens with one attached hydrogen (secondary N) is 2. The van der Waals surface area contributed by atoms with Crippen LogP contribution in [0, 0.1) is 0 Å². The number of benzene rings is 2. The van der Waals surface area contributed by atoms with E-state index in [4.69, 9.17) is 33.2 Å². The molecule has 2 saturated heterocycles. The zero-order valence-electron chi connectivity index (χ0n) is 39.3. The lowest BCUT2D eigenvalue weighted by Crippen LogP contribution is -2.48. The van der Waals surface area contributed by atoms with Gasteiger partial charge in [0.1, 0.15) is 34.7 Å². The van der Waals surface area contributed by atoms with Gasteiger partial charge in [-0.15, -0.1) is 0 Å². The highest BCUT2D eigenvalue weighted by Gasteiger charge is 2.26. The number of likely N-dealkylation sites (tertiary alicyclic amines) is 1. The lowest BCUT2D eigenvalue weighted by molar-refractivity contribution is -0.127. The number of amides is 3. The molecule has 2 aromatic carbocycles. The number of hydrogen-bond donors (Lipinski definition) is 2. The zero-order valence-corrected chi connectivity index (χ0v) is 39.3. The first-order valence-electron chi connectivity index (χ1n) is 23.4. The van der Waals surface area contributed by atoms with Crippen molar-refractivity contribution in [3.8, 4) is 23.1 Å². The molecule has 18 nitrogen and oxygen atoms in total. The Morgan fingerprint density at radius 1 is 0.687 bits per heavy atom. The van der Waals surface area contributed by atoms with Gasteiger partial charge in [0.15, 0.2) is 0 Å². The largest absolute Gasteiger partial charge is 0.457 e. The quantitative estimate of drug-likeness (QED) is 0.0600. The number of piperazine rings is 1. The molecule has 4 heterocycles. The Morgan fingerprint density at radius 2 is 1.30 bits per heavy atom. The number of ether oxygens (including phenoxy) is 7. The normalized spacial score (nSPS) is 15.2. The van der Waals surface area contributed by atoms with Gasteiger partial charge in [-0.1, -0.05) is 24.3 Å². The Morgan fingerprint density at radius 3 is 1.97 bits per heavy atom. The van der Waals surface area contributed by atoms with Crippen LogP contribution in [0.5, 0.6) is 23.1 Å². The minimum Gasteiger partial charge on any atom is -0.457 e. The van der Waals surface area contributed by atoms with Crippen molar-refractivity contribution in [1.82, 2.24) is 39.9 Å². The Bertz CT molecular complexity index is 2120. The van der Waals surface area contributed by atoms with Gasteiger partial charge in [0, 0.05) is 90.2 Å². The van der Waals surface area contributed by atoms with E-state index in [1.54, 1.807) is 6.08 Å². The van der Waals surface area contributed by atoms with Gasteiger partial charge in [-0.05, 0) is 76.1 Å². The summed E-state index contributed by atoms with van der Waals surface area (Å²) in [4.78, 5) is 52.7. The molecule has 2 fully saturated rings. The maximum absolute atomic E-state index is 13.2. The highest BCUT2D eigenvalue weighted by Crippen LogP contribution is 2.34. The number of fused-ring (bicyclic) bond motifs is 1. The van der Waals surface area contributed by atoms with Crippen LogP contribution in [0.15, 0.2) is 85.3 Å². The highest BCUT2D eigenvalue weighted by atomic mass is 16.6. The molecule has 0 bridgehead atoms. The molecule has 67 heavy (non-hydrogen) atoms. The third-order valence-electron chi connectivity index (χ3n) is 11.0. The van der Waals surface area contributed by atoms with Gasteiger partial charge in [0.2, 0.25) is 17.7 Å². The Balaban J connectivity index is 0.758. The predicted octanol–water partition coefficient (Wildman–Crippen LogP) is 5.45. The molecule has 0 atom stereocenters. The average molecular weight is 929 g/mol. The molecule has 2 aromatic heterocycles. The molecule has 4 aromatic rings. The van der Waals surface area contributed by atoms with Crippen molar-refractivity contribution in [1.29, 1.82) is 0 Å². The Kier molecular flexibility index (Phi) is 20.7. The van der Waals surface area contributed by atoms with E-state index in [0.717, 1.165) is 68.9 Å². The summed E-state index contributed by atoms with van der Waals surface area (Å²) in [5, 5.41) is 5.62. The van der Waals surface area contributed by atoms with Crippen molar-refractivity contribution in [3.05, 3.63) is 85.3 Å². The monoisotopic (exact) mass is 929 g/mol. The molecular weight excluding hydrogens is 861 g/mol. The van der Waals surface area contributed by atoms with Gasteiger partial charge in [0.25, 0.3) is 0 Å². The molecule has 0 radical (unpaired) electrons. The van der Waals surface area contributed by atoms with Crippen LogP contribution < -0.4 is 20.1 Å². The van der Waals surface area contributed by atoms with Crippen molar-refractivity contribution < 1.29 is 47.5 Å². The van der Waals surface area contributed by atoms with E-state index in [2.05, 4.69) is 35.0 Å². The van der Waals surface area contributed by atoms with Gasteiger partial charge in [-0.3, -0.25) is 19.4 Å². The fourth-order valence-electron chi connectivity index (χ4n) is 7.53. The van der Waals surface area contributed by atoms with Crippen molar-refractivity contribution in [2.45, 2.75) is 51.7 Å². The summed E-state index contributed by atoms with van der Waals surface area (Å²) in [6.07, 6.45) is 8.71. The maximum atomic E-state index is 13.2. The van der Waals surface area contributed by atoms with Gasteiger partial charge in [-0.25, -0.2) is 9.78 Å². The molecule has 0 spiro atoms. The van der Waals surface area contributed by atoms with Gasteiger partial charge in [-0.2, -0.15) is 4.98 Å². The van der Waals surface area contributed by atoms with Crippen molar-refractivity contribution >= 4 is 28.9 Å². The molecular formula is C49H68N8O10. The van der Waals surface area contributed by atoms with E-state index in [1.165, 1.54) is 6.33 Å². The van der Waals surface area contributed by atoms with Gasteiger partial charge < -0.3 is 53.3 Å². The maximum Gasteiger partial charge on any atom is 0.407 e. The molecule has 0 aliphatic carbocycles. The summed E-state index contributed by atoms with van der Waals surface area (Å²) in [6, 6.07) is 19.3. The van der Waals surface area contributed by atoms with Crippen LogP contribution in [0.25, 0.3) is 11.0 Å². The molecule has 3 amide bonds. The fraction of sp³-hybridized carbons (Fsp3) is 0.531. The second kappa shape index (κ2) is 27.2. The first-order valence-corrected chi connectivity index (χ1v) is 23.4. The number of aromatic nitrogens is 3. The Hall–Kier alpha value is -5.63. The van der Waals surface area contributed by atoms with E-state index >= 15 is 0 Å². The lowest BCUT2D eigenvalue weighted by atomic mass is 10.0. The molecule has 0 unspecified atom stereocenters. The van der Waals surface area contributed by atoms with Gasteiger partial charge in [0.05, 0.1) is 58.4 Å². The molecule has 18 heteroatoms. The van der Waals surface area contributed by atoms with Crippen LogP contribution >= 0.6 is 0 Å². The molecule has 2 N–H and O–H groups in total. The number of rotatable bonds is 26. The third kappa shape index (κ3) is 18.2. The molecule has 0 saturated carbocycles. The van der Waals surface area contributed by atoms with E-state index < -0.39 is 11.7 Å². The minimum atomic E-state index is -0.528. The van der Waals surface area contributed by atoms with E-state index in [1.807, 2.05) is 98.6 Å². The van der Waals surface area contributed by atoms with Crippen LogP contribution in [0.3, 0.4) is 0 Å². The number of alkyl carbamates (subject to hydrolysis) is 1. The molecule has 2 aliphatic rings. The molecule has 364 valence electrons. The average Bonchev–Trinajstić information content (AvgIpc) is 3.76. The summed E-state index contributed by atoms with van der Waals surface area (Å²) < 4.78 is 41.5. The summed E-state index contributed by atoms with van der Waals surface area (Å²) in [5.41, 5.74) is 1.12. The lowest BCUT2D eigenvalue weighted by Gasteiger charge is -2.34. The fourth-order valence-corrected chi connectivity index (χ4v) is 7.53. The van der Waals surface area contributed by atoms with Crippen molar-refractivity contribution in [2.75, 3.05) is 118 Å². The first kappa shape index (κ1) is 50.8. The Labute approximate surface area is 393 Å². The molecule has 6 rings (SSSR count). The summed E-state index contributed by atoms with van der Waals surface area (Å²) in [7, 11) is 0. The second-order valence-corrected chi connectivity index (χ2v) is 17.2. The van der Waals surface area contributed by atoms with Crippen molar-refractivity contribution in [3.63, 3.8) is 0 Å². The SMILES string of the molecule is CC(C)(C)OC(=O)NCCOCCOCCOCCOCCC(=O)NCCN1CCN(C/C=C/C(=O)N2CCC(n3ccc4ncnc(Oc5ccc(Oc6ccccc6)cc5)c43)CC2)CC1. The first-order chi connectivity index (χ1) is 32.6. The van der Waals surface area contributed by atoms with E-state index in [9.17, 15) is 14.4 Å². The number of hydrogen-bond acceptors (Lipinski definition) is 14. The van der Waals surface area contributed by atoms with Crippen LogP contribution in [0.1, 0.15) is 46.1 Å². The van der Waals surface area contributed by atoms with Crippen LogP contribution in [-0.2, 0) is 33.3 Å². The summed E-state index contributed by atoms with van der Waals surface area (Å²) in [6.45, 7) is 16.1. The third-order valence-corrected chi connectivity index (χ3v) is 11.0. The number of carbonyl (C=O) groups excluding carboxylic acids is 3. The number of piperidine rings is 1. The zero-order chi connectivity index (χ0) is 47.1. The number of para-hydroxylation sites is 1. The molecule has 2 aliphatic heterocycles. The van der Waals surface area contributed by atoms with Gasteiger partial charge >= 0.3 is 6.09 Å². The topological polar surface area (TPSA) is 180 Å². The van der Waals surface area contributed by atoms with Crippen LogP contribution in [-0.4, -0.2) is 171 Å². The van der Waals surface area contributed by atoms with Crippen LogP contribution in [0.2, 0.25) is 0 Å². The number of carbonyl (C=O) groups is 3. The highest BCUT2D eigenvalue weighted by molar-refractivity contribution is 5.87. The summed E-state index contributed by atoms with van der Waals surface area (Å²) >= 11 is 0. The van der Waals surface area contributed by atoms with Crippen LogP contribution in [0.4, 0.5) is 4.79 Å².